The van der Waals surface area contributed by atoms with E-state index >= 15 is 0 Å². The molecule has 35 heavy (non-hydrogen) atoms. The quantitative estimate of drug-likeness (QED) is 0.448. The molecular formula is C23H18F3N3O5S. The maximum atomic E-state index is 12.7. The van der Waals surface area contributed by atoms with Crippen LogP contribution in [0.3, 0.4) is 0 Å². The highest BCUT2D eigenvalue weighted by atomic mass is 32.1. The van der Waals surface area contributed by atoms with Gasteiger partial charge in [0.15, 0.2) is 0 Å². The van der Waals surface area contributed by atoms with Crippen molar-refractivity contribution < 1.29 is 37.4 Å². The summed E-state index contributed by atoms with van der Waals surface area (Å²) >= 11 is 0.917. The smallest absolute Gasteiger partial charge is 0.419 e. The molecule has 1 aliphatic carbocycles. The van der Waals surface area contributed by atoms with Gasteiger partial charge in [-0.1, -0.05) is 48.5 Å². The van der Waals surface area contributed by atoms with Crippen molar-refractivity contribution >= 4 is 29.3 Å². The Morgan fingerprint density at radius 1 is 1.06 bits per heavy atom. The minimum atomic E-state index is -5.16. The van der Waals surface area contributed by atoms with Crippen molar-refractivity contribution in [3.63, 3.8) is 0 Å². The molecule has 2 amide bonds. The fourth-order valence-electron chi connectivity index (χ4n) is 3.78. The Kier molecular flexibility index (Phi) is 6.74. The van der Waals surface area contributed by atoms with E-state index in [1.807, 2.05) is 48.5 Å². The van der Waals surface area contributed by atoms with E-state index in [0.717, 1.165) is 33.6 Å². The average molecular weight is 505 g/mol. The zero-order valence-corrected chi connectivity index (χ0v) is 18.7. The molecule has 1 atom stereocenters. The molecular weight excluding hydrogens is 487 g/mol. The van der Waals surface area contributed by atoms with Crippen LogP contribution in [0.5, 0.6) is 0 Å². The number of nitrogens with one attached hydrogen (secondary N) is 2. The summed E-state index contributed by atoms with van der Waals surface area (Å²) < 4.78 is 43.6. The van der Waals surface area contributed by atoms with Gasteiger partial charge >= 0.3 is 18.2 Å². The number of aromatic nitrogens is 1. The van der Waals surface area contributed by atoms with Crippen molar-refractivity contribution in [2.45, 2.75) is 24.7 Å². The number of carboxylic acid groups (broad SMARTS) is 1. The standard InChI is InChI=1S/C23H18F3N3O5S/c24-23(25,26)19(21(31)32)29-20(30)17-11-35-18(28-17)9-27-22(33)34-10-16-14-7-3-1-5-12(14)13-6-2-4-8-15(13)16/h1-8,11,16,19H,9-10H2,(H,27,33)(H,29,30)(H,31,32). The molecule has 12 heteroatoms. The monoisotopic (exact) mass is 505 g/mol. The first-order chi connectivity index (χ1) is 16.6. The van der Waals surface area contributed by atoms with Gasteiger partial charge in [-0.25, -0.2) is 14.6 Å². The summed E-state index contributed by atoms with van der Waals surface area (Å²) in [5, 5.41) is 13.9. The minimum absolute atomic E-state index is 0.0966. The molecule has 0 saturated carbocycles. The molecule has 2 aromatic carbocycles. The molecule has 0 spiro atoms. The highest BCUT2D eigenvalue weighted by molar-refractivity contribution is 7.09. The lowest BCUT2D eigenvalue weighted by molar-refractivity contribution is -0.178. The van der Waals surface area contributed by atoms with Crippen LogP contribution >= 0.6 is 11.3 Å². The van der Waals surface area contributed by atoms with E-state index in [4.69, 9.17) is 9.84 Å². The summed E-state index contributed by atoms with van der Waals surface area (Å²) in [5.41, 5.74) is 3.88. The Morgan fingerprint density at radius 3 is 2.23 bits per heavy atom. The molecule has 0 bridgehead atoms. The van der Waals surface area contributed by atoms with Crippen LogP contribution in [0.25, 0.3) is 11.1 Å². The summed E-state index contributed by atoms with van der Waals surface area (Å²) in [4.78, 5) is 38.8. The van der Waals surface area contributed by atoms with Gasteiger partial charge in [-0.15, -0.1) is 11.3 Å². The van der Waals surface area contributed by atoms with Gasteiger partial charge in [0.2, 0.25) is 6.04 Å². The van der Waals surface area contributed by atoms with Gasteiger partial charge in [-0.2, -0.15) is 13.2 Å². The Bertz CT molecular complexity index is 1230. The molecule has 0 saturated heterocycles. The molecule has 3 aromatic rings. The maximum Gasteiger partial charge on any atom is 0.419 e. The van der Waals surface area contributed by atoms with Crippen LogP contribution in [0.15, 0.2) is 53.9 Å². The number of alkyl halides is 3. The molecule has 1 aliphatic rings. The van der Waals surface area contributed by atoms with E-state index in [0.29, 0.717) is 0 Å². The molecule has 1 unspecified atom stereocenters. The van der Waals surface area contributed by atoms with Crippen molar-refractivity contribution in [2.75, 3.05) is 6.61 Å². The second-order valence-corrected chi connectivity index (χ2v) is 8.53. The van der Waals surface area contributed by atoms with Gasteiger partial charge in [-0.05, 0) is 22.3 Å². The van der Waals surface area contributed by atoms with Gasteiger partial charge in [0.25, 0.3) is 5.91 Å². The molecule has 4 rings (SSSR count). The van der Waals surface area contributed by atoms with Crippen LogP contribution in [0.1, 0.15) is 32.5 Å². The van der Waals surface area contributed by atoms with Crippen LogP contribution in [0, 0.1) is 0 Å². The molecule has 0 radical (unpaired) electrons. The zero-order chi connectivity index (χ0) is 25.2. The number of thiazole rings is 1. The van der Waals surface area contributed by atoms with Crippen LogP contribution in [0.2, 0.25) is 0 Å². The number of hydrogen-bond acceptors (Lipinski definition) is 6. The summed E-state index contributed by atoms with van der Waals surface area (Å²) in [6, 6.07) is 12.7. The molecule has 1 heterocycles. The maximum absolute atomic E-state index is 12.7. The van der Waals surface area contributed by atoms with E-state index < -0.39 is 35.9 Å². The van der Waals surface area contributed by atoms with Crippen LogP contribution in [-0.4, -0.2) is 46.9 Å². The largest absolute Gasteiger partial charge is 0.479 e. The third kappa shape index (κ3) is 5.27. The minimum Gasteiger partial charge on any atom is -0.479 e. The molecule has 0 fully saturated rings. The summed E-state index contributed by atoms with van der Waals surface area (Å²) in [5.74, 6) is -3.66. The Balaban J connectivity index is 1.32. The second kappa shape index (κ2) is 9.74. The number of rotatable bonds is 7. The van der Waals surface area contributed by atoms with Gasteiger partial charge in [0.1, 0.15) is 17.3 Å². The summed E-state index contributed by atoms with van der Waals surface area (Å²) in [6.45, 7) is -0.0321. The van der Waals surface area contributed by atoms with Gasteiger partial charge < -0.3 is 20.5 Å². The van der Waals surface area contributed by atoms with Crippen LogP contribution in [0.4, 0.5) is 18.0 Å². The summed E-state index contributed by atoms with van der Waals surface area (Å²) in [6.07, 6.45) is -5.89. The number of aliphatic carboxylic acids is 1. The van der Waals surface area contributed by atoms with Crippen molar-refractivity contribution in [2.24, 2.45) is 0 Å². The number of carboxylic acids is 1. The number of hydrogen-bond donors (Lipinski definition) is 3. The first-order valence-electron chi connectivity index (χ1n) is 10.3. The Hall–Kier alpha value is -3.93. The molecule has 3 N–H and O–H groups in total. The average Bonchev–Trinajstić information content (AvgIpc) is 3.42. The third-order valence-corrected chi connectivity index (χ3v) is 6.21. The van der Waals surface area contributed by atoms with Gasteiger partial charge in [0, 0.05) is 11.3 Å². The fraction of sp³-hybridized carbons (Fsp3) is 0.217. The number of carbonyl (C=O) groups excluding carboxylic acids is 2. The van der Waals surface area contributed by atoms with E-state index in [1.54, 1.807) is 0 Å². The number of alkyl carbamates (subject to hydrolysis) is 1. The lowest BCUT2D eigenvalue weighted by atomic mass is 9.98. The number of amides is 2. The van der Waals surface area contributed by atoms with E-state index in [2.05, 4.69) is 10.3 Å². The molecule has 1 aromatic heterocycles. The third-order valence-electron chi connectivity index (χ3n) is 5.36. The first-order valence-corrected chi connectivity index (χ1v) is 11.2. The van der Waals surface area contributed by atoms with Gasteiger partial charge in [-0.3, -0.25) is 4.79 Å². The van der Waals surface area contributed by atoms with Crippen molar-refractivity contribution in [1.82, 2.24) is 15.6 Å². The SMILES string of the molecule is O=C(NCc1nc(C(=O)NC(C(=O)O)C(F)(F)F)cs1)OCC1c2ccccc2-c2ccccc21. The van der Waals surface area contributed by atoms with E-state index in [1.165, 1.54) is 10.7 Å². The molecule has 8 nitrogen and oxygen atoms in total. The number of ether oxygens (including phenoxy) is 1. The summed E-state index contributed by atoms with van der Waals surface area (Å²) in [7, 11) is 0. The van der Waals surface area contributed by atoms with Crippen molar-refractivity contribution in [1.29, 1.82) is 0 Å². The topological polar surface area (TPSA) is 118 Å². The second-order valence-electron chi connectivity index (χ2n) is 7.59. The van der Waals surface area contributed by atoms with Gasteiger partial charge in [0.05, 0.1) is 6.54 Å². The lowest BCUT2D eigenvalue weighted by Crippen LogP contribution is -2.50. The fourth-order valence-corrected chi connectivity index (χ4v) is 4.50. The zero-order valence-electron chi connectivity index (χ0n) is 17.8. The lowest BCUT2D eigenvalue weighted by Gasteiger charge is -2.16. The first kappa shape index (κ1) is 24.2. The normalized spacial score (nSPS) is 13.5. The van der Waals surface area contributed by atoms with Crippen molar-refractivity contribution in [3.8, 4) is 11.1 Å². The Morgan fingerprint density at radius 2 is 1.66 bits per heavy atom. The number of halogens is 3. The number of nitrogens with zero attached hydrogens (tertiary/aromatic N) is 1. The molecule has 182 valence electrons. The van der Waals surface area contributed by atoms with Crippen molar-refractivity contribution in [3.05, 3.63) is 75.7 Å². The number of fused-ring (bicyclic) bond motifs is 3. The highest BCUT2D eigenvalue weighted by Gasteiger charge is 2.46. The molecule has 0 aliphatic heterocycles. The van der Waals surface area contributed by atoms with Crippen LogP contribution in [-0.2, 0) is 16.1 Å². The predicted molar refractivity (Wildman–Crippen MR) is 119 cm³/mol. The number of carbonyl (C=O) groups is 3. The van der Waals surface area contributed by atoms with Crippen LogP contribution < -0.4 is 10.6 Å². The Labute approximate surface area is 200 Å². The number of benzene rings is 2. The van der Waals surface area contributed by atoms with E-state index in [-0.39, 0.29) is 24.1 Å². The predicted octanol–water partition coefficient (Wildman–Crippen LogP) is 3.93. The van der Waals surface area contributed by atoms with E-state index in [9.17, 15) is 27.6 Å². The highest BCUT2D eigenvalue weighted by Crippen LogP contribution is 2.44.